The number of rotatable bonds is 5. The minimum atomic E-state index is -0.656. The first-order valence-corrected chi connectivity index (χ1v) is 8.21. The Labute approximate surface area is 129 Å². The molecule has 0 heterocycles. The fourth-order valence-corrected chi connectivity index (χ4v) is 3.26. The first-order valence-electron chi connectivity index (χ1n) is 7.22. The van der Waals surface area contributed by atoms with Gasteiger partial charge in [0.05, 0.1) is 18.4 Å². The lowest BCUT2D eigenvalue weighted by molar-refractivity contribution is -0.120. The highest BCUT2D eigenvalue weighted by Crippen LogP contribution is 2.28. The zero-order valence-electron chi connectivity index (χ0n) is 12.0. The van der Waals surface area contributed by atoms with Crippen LogP contribution in [0.2, 0.25) is 0 Å². The normalized spacial score (nSPS) is 17.0. The van der Waals surface area contributed by atoms with Crippen LogP contribution in [-0.2, 0) is 11.4 Å². The van der Waals surface area contributed by atoms with Gasteiger partial charge in [0.25, 0.3) is 0 Å². The van der Waals surface area contributed by atoms with Gasteiger partial charge in [-0.15, -0.1) is 11.8 Å². The van der Waals surface area contributed by atoms with Gasteiger partial charge in [-0.05, 0) is 30.5 Å². The van der Waals surface area contributed by atoms with E-state index in [4.69, 9.17) is 5.11 Å². The summed E-state index contributed by atoms with van der Waals surface area (Å²) in [6.45, 7) is 0.0239. The van der Waals surface area contributed by atoms with Crippen LogP contribution in [0.4, 0.5) is 0 Å². The van der Waals surface area contributed by atoms with Crippen LogP contribution in [0.1, 0.15) is 37.7 Å². The van der Waals surface area contributed by atoms with Crippen LogP contribution < -0.4 is 5.32 Å². The number of amides is 1. The van der Waals surface area contributed by atoms with Gasteiger partial charge in [-0.25, -0.2) is 0 Å². The van der Waals surface area contributed by atoms with E-state index in [2.05, 4.69) is 11.4 Å². The van der Waals surface area contributed by atoms with Crippen LogP contribution in [0.15, 0.2) is 29.2 Å². The lowest BCUT2D eigenvalue weighted by atomic mass is 9.83. The molecule has 0 aromatic heterocycles. The molecule has 2 N–H and O–H groups in total. The number of aliphatic hydroxyl groups excluding tert-OH is 1. The Bertz CT molecular complexity index is 516. The molecule has 21 heavy (non-hydrogen) atoms. The molecule has 5 heteroatoms. The number of nitrogens with zero attached hydrogens (tertiary/aromatic N) is 1. The Kier molecular flexibility index (Phi) is 5.66. The average Bonchev–Trinajstić information content (AvgIpc) is 2.54. The second-order valence-electron chi connectivity index (χ2n) is 5.39. The van der Waals surface area contributed by atoms with Crippen molar-refractivity contribution < 1.29 is 9.90 Å². The summed E-state index contributed by atoms with van der Waals surface area (Å²) in [5, 5.41) is 21.2. The Morgan fingerprint density at radius 3 is 2.52 bits per heavy atom. The van der Waals surface area contributed by atoms with Gasteiger partial charge in [-0.2, -0.15) is 5.26 Å². The molecule has 112 valence electrons. The zero-order valence-corrected chi connectivity index (χ0v) is 12.8. The van der Waals surface area contributed by atoms with Gasteiger partial charge in [-0.1, -0.05) is 31.4 Å². The van der Waals surface area contributed by atoms with Gasteiger partial charge in [-0.3, -0.25) is 4.79 Å². The van der Waals surface area contributed by atoms with E-state index >= 15 is 0 Å². The SMILES string of the molecule is N#CC1(NC(=O)CSc2ccc(CO)cc2)CCCCC1. The van der Waals surface area contributed by atoms with E-state index in [9.17, 15) is 10.1 Å². The molecule has 0 radical (unpaired) electrons. The highest BCUT2D eigenvalue weighted by atomic mass is 32.2. The van der Waals surface area contributed by atoms with E-state index in [0.717, 1.165) is 42.6 Å². The minimum absolute atomic E-state index is 0.0239. The van der Waals surface area contributed by atoms with E-state index in [1.807, 2.05) is 24.3 Å². The third kappa shape index (κ3) is 4.48. The predicted octanol–water partition coefficient (Wildman–Crippen LogP) is 2.61. The largest absolute Gasteiger partial charge is 0.392 e. The van der Waals surface area contributed by atoms with Crippen molar-refractivity contribution >= 4 is 17.7 Å². The summed E-state index contributed by atoms with van der Waals surface area (Å²) in [6, 6.07) is 9.77. The number of thioether (sulfide) groups is 1. The summed E-state index contributed by atoms with van der Waals surface area (Å²) < 4.78 is 0. The highest BCUT2D eigenvalue weighted by molar-refractivity contribution is 8.00. The number of nitriles is 1. The molecule has 1 fully saturated rings. The minimum Gasteiger partial charge on any atom is -0.392 e. The summed E-state index contributed by atoms with van der Waals surface area (Å²) >= 11 is 1.44. The summed E-state index contributed by atoms with van der Waals surface area (Å²) in [6.07, 6.45) is 4.66. The second kappa shape index (κ2) is 7.48. The fourth-order valence-electron chi connectivity index (χ4n) is 2.56. The maximum Gasteiger partial charge on any atom is 0.231 e. The summed E-state index contributed by atoms with van der Waals surface area (Å²) in [4.78, 5) is 13.0. The molecule has 1 aliphatic carbocycles. The molecule has 0 bridgehead atoms. The van der Waals surface area contributed by atoms with Crippen molar-refractivity contribution in [2.24, 2.45) is 0 Å². The molecule has 0 unspecified atom stereocenters. The van der Waals surface area contributed by atoms with E-state index in [1.165, 1.54) is 11.8 Å². The smallest absolute Gasteiger partial charge is 0.231 e. The quantitative estimate of drug-likeness (QED) is 0.820. The molecule has 2 rings (SSSR count). The number of carbonyl (C=O) groups is 1. The van der Waals surface area contributed by atoms with Gasteiger partial charge in [0.2, 0.25) is 5.91 Å². The second-order valence-corrected chi connectivity index (χ2v) is 6.44. The van der Waals surface area contributed by atoms with E-state index in [1.54, 1.807) is 0 Å². The molecule has 1 amide bonds. The van der Waals surface area contributed by atoms with Crippen LogP contribution >= 0.6 is 11.8 Å². The van der Waals surface area contributed by atoms with Crippen LogP contribution in [0.25, 0.3) is 0 Å². The molecule has 1 aliphatic rings. The average molecular weight is 304 g/mol. The van der Waals surface area contributed by atoms with Gasteiger partial charge in [0.1, 0.15) is 5.54 Å². The molecule has 0 saturated heterocycles. The maximum absolute atomic E-state index is 12.0. The van der Waals surface area contributed by atoms with Gasteiger partial charge < -0.3 is 10.4 Å². The number of nitrogens with one attached hydrogen (secondary N) is 1. The Morgan fingerprint density at radius 2 is 1.95 bits per heavy atom. The van der Waals surface area contributed by atoms with Crippen molar-refractivity contribution in [3.8, 4) is 6.07 Å². The molecule has 0 spiro atoms. The molecule has 1 aromatic rings. The van der Waals surface area contributed by atoms with Crippen molar-refractivity contribution in [3.63, 3.8) is 0 Å². The lowest BCUT2D eigenvalue weighted by Gasteiger charge is -2.31. The number of benzene rings is 1. The molecule has 0 aliphatic heterocycles. The topological polar surface area (TPSA) is 73.1 Å². The molecule has 1 saturated carbocycles. The number of aliphatic hydroxyl groups is 1. The maximum atomic E-state index is 12.0. The first kappa shape index (κ1) is 15.9. The molecule has 0 atom stereocenters. The molecule has 4 nitrogen and oxygen atoms in total. The Morgan fingerprint density at radius 1 is 1.29 bits per heavy atom. The molecular weight excluding hydrogens is 284 g/mol. The number of carbonyl (C=O) groups excluding carboxylic acids is 1. The monoisotopic (exact) mass is 304 g/mol. The van der Waals surface area contributed by atoms with E-state index in [-0.39, 0.29) is 12.5 Å². The Hall–Kier alpha value is -1.51. The summed E-state index contributed by atoms with van der Waals surface area (Å²) in [5.41, 5.74) is 0.200. The molecular formula is C16H20N2O2S. The van der Waals surface area contributed by atoms with Crippen LogP contribution in [0.3, 0.4) is 0 Å². The lowest BCUT2D eigenvalue weighted by Crippen LogP contribution is -2.49. The molecule has 1 aromatic carbocycles. The fraction of sp³-hybridized carbons (Fsp3) is 0.500. The van der Waals surface area contributed by atoms with E-state index in [0.29, 0.717) is 5.75 Å². The van der Waals surface area contributed by atoms with Crippen molar-refractivity contribution in [3.05, 3.63) is 29.8 Å². The van der Waals surface area contributed by atoms with Crippen molar-refractivity contribution in [2.75, 3.05) is 5.75 Å². The third-order valence-corrected chi connectivity index (χ3v) is 4.79. The van der Waals surface area contributed by atoms with Crippen LogP contribution in [0, 0.1) is 11.3 Å². The van der Waals surface area contributed by atoms with Crippen LogP contribution in [-0.4, -0.2) is 22.3 Å². The van der Waals surface area contributed by atoms with Crippen molar-refractivity contribution in [1.82, 2.24) is 5.32 Å². The summed E-state index contributed by atoms with van der Waals surface area (Å²) in [7, 11) is 0. The number of hydrogen-bond donors (Lipinski definition) is 2. The standard InChI is InChI=1S/C16H20N2O2S/c17-12-16(8-2-1-3-9-16)18-15(20)11-21-14-6-4-13(10-19)5-7-14/h4-7,19H,1-3,8-11H2,(H,18,20). The highest BCUT2D eigenvalue weighted by Gasteiger charge is 2.33. The predicted molar refractivity (Wildman–Crippen MR) is 82.7 cm³/mol. The summed E-state index contributed by atoms with van der Waals surface area (Å²) in [5.74, 6) is 0.219. The van der Waals surface area contributed by atoms with E-state index < -0.39 is 5.54 Å². The van der Waals surface area contributed by atoms with Gasteiger partial charge in [0, 0.05) is 4.90 Å². The van der Waals surface area contributed by atoms with Crippen molar-refractivity contribution in [1.29, 1.82) is 5.26 Å². The van der Waals surface area contributed by atoms with Gasteiger partial charge in [0.15, 0.2) is 0 Å². The first-order chi connectivity index (χ1) is 10.2. The Balaban J connectivity index is 1.85. The zero-order chi connectivity index (χ0) is 15.1. The van der Waals surface area contributed by atoms with Crippen LogP contribution in [0.5, 0.6) is 0 Å². The van der Waals surface area contributed by atoms with Gasteiger partial charge >= 0.3 is 0 Å². The number of hydrogen-bond acceptors (Lipinski definition) is 4. The third-order valence-electron chi connectivity index (χ3n) is 3.78. The van der Waals surface area contributed by atoms with Crippen molar-refractivity contribution in [2.45, 2.75) is 49.1 Å².